The maximum atomic E-state index is 13.4. The number of carbonyl (C=O) groups is 1. The Morgan fingerprint density at radius 3 is 2.49 bits per heavy atom. The first-order valence-electron chi connectivity index (χ1n) is 12.6. The molecule has 0 bridgehead atoms. The van der Waals surface area contributed by atoms with Crippen molar-refractivity contribution in [2.24, 2.45) is 22.7 Å². The largest absolute Gasteiger partial charge is 0.429 e. The molecule has 1 aliphatic heterocycles. The van der Waals surface area contributed by atoms with Gasteiger partial charge in [-0.3, -0.25) is 0 Å². The van der Waals surface area contributed by atoms with E-state index in [4.69, 9.17) is 9.47 Å². The molecule has 3 rings (SSSR count). The van der Waals surface area contributed by atoms with E-state index in [2.05, 4.69) is 20.8 Å². The van der Waals surface area contributed by atoms with Crippen molar-refractivity contribution >= 4 is 5.97 Å². The predicted octanol–water partition coefficient (Wildman–Crippen LogP) is 0.800. The monoisotopic (exact) mass is 498 g/mol. The van der Waals surface area contributed by atoms with E-state index in [0.717, 1.165) is 31.3 Å². The number of aliphatic hydroxyl groups excluding tert-OH is 6. The van der Waals surface area contributed by atoms with E-state index in [0.29, 0.717) is 24.3 Å². The summed E-state index contributed by atoms with van der Waals surface area (Å²) in [5, 5.41) is 58.7. The molecule has 1 heterocycles. The standard InChI is InChI=1S/C26H42O9/c1-15-7-10-26(3)17(23(33)35-24-22(32)21(31)20(30)18(14-29)34-24)5-4-6-19(26)25(15,2)11-8-16(13-28)9-12-27/h5,9,15,18-22,24,27-32H,4,6-8,10-14H2,1-3H3/b16-9+/t15-,18-,19-,20-,21+,22-,24+,25+,26+/m1/s1. The van der Waals surface area contributed by atoms with E-state index in [1.165, 1.54) is 0 Å². The Labute approximate surface area is 207 Å². The molecule has 9 atom stereocenters. The average Bonchev–Trinajstić information content (AvgIpc) is 2.84. The fourth-order valence-corrected chi connectivity index (χ4v) is 6.57. The maximum Gasteiger partial charge on any atom is 0.336 e. The lowest BCUT2D eigenvalue weighted by Crippen LogP contribution is -2.59. The number of hydrogen-bond donors (Lipinski definition) is 6. The van der Waals surface area contributed by atoms with Crippen LogP contribution in [0.2, 0.25) is 0 Å². The van der Waals surface area contributed by atoms with Crippen molar-refractivity contribution in [3.05, 3.63) is 23.3 Å². The Morgan fingerprint density at radius 2 is 1.86 bits per heavy atom. The summed E-state index contributed by atoms with van der Waals surface area (Å²) in [7, 11) is 0. The van der Waals surface area contributed by atoms with Gasteiger partial charge in [0, 0.05) is 11.0 Å². The van der Waals surface area contributed by atoms with Gasteiger partial charge in [0.15, 0.2) is 0 Å². The van der Waals surface area contributed by atoms with E-state index in [9.17, 15) is 35.4 Å². The van der Waals surface area contributed by atoms with Gasteiger partial charge in [-0.05, 0) is 61.3 Å². The van der Waals surface area contributed by atoms with Gasteiger partial charge in [-0.1, -0.05) is 32.9 Å². The van der Waals surface area contributed by atoms with Gasteiger partial charge in [0.1, 0.15) is 24.4 Å². The van der Waals surface area contributed by atoms with Gasteiger partial charge in [0.2, 0.25) is 6.29 Å². The van der Waals surface area contributed by atoms with Gasteiger partial charge >= 0.3 is 5.97 Å². The second kappa shape index (κ2) is 11.4. The third kappa shape index (κ3) is 5.37. The van der Waals surface area contributed by atoms with Crippen LogP contribution in [0.1, 0.15) is 59.3 Å². The van der Waals surface area contributed by atoms with Crippen molar-refractivity contribution in [1.82, 2.24) is 0 Å². The highest BCUT2D eigenvalue weighted by molar-refractivity contribution is 5.90. The van der Waals surface area contributed by atoms with E-state index >= 15 is 0 Å². The number of hydrogen-bond acceptors (Lipinski definition) is 9. The highest BCUT2D eigenvalue weighted by Crippen LogP contribution is 2.62. The summed E-state index contributed by atoms with van der Waals surface area (Å²) < 4.78 is 10.9. The van der Waals surface area contributed by atoms with Gasteiger partial charge in [0.25, 0.3) is 0 Å². The molecule has 200 valence electrons. The SMILES string of the molecule is C[C@@H]1CC[C@@]2(C)C(C(=O)O[C@@H]3O[C@H](CO)[C@@H](O)[C@H](O)[C@H]3O)=CCC[C@@H]2[C@@]1(C)CC/C(=C\CO)CO. The first-order chi connectivity index (χ1) is 16.5. The Kier molecular flexibility index (Phi) is 9.18. The van der Waals surface area contributed by atoms with E-state index in [-0.39, 0.29) is 24.5 Å². The topological polar surface area (TPSA) is 157 Å². The summed E-state index contributed by atoms with van der Waals surface area (Å²) >= 11 is 0. The zero-order valence-corrected chi connectivity index (χ0v) is 21.0. The van der Waals surface area contributed by atoms with Crippen molar-refractivity contribution < 1.29 is 44.9 Å². The molecule has 9 nitrogen and oxygen atoms in total. The van der Waals surface area contributed by atoms with Crippen molar-refractivity contribution in [3.8, 4) is 0 Å². The number of fused-ring (bicyclic) bond motifs is 1. The summed E-state index contributed by atoms with van der Waals surface area (Å²) in [6.07, 6.45) is 0.895. The molecular formula is C26H42O9. The summed E-state index contributed by atoms with van der Waals surface area (Å²) in [5.41, 5.74) is 0.753. The summed E-state index contributed by atoms with van der Waals surface area (Å²) in [4.78, 5) is 13.4. The number of allylic oxidation sites excluding steroid dienone is 1. The minimum atomic E-state index is -1.64. The van der Waals surface area contributed by atoms with Crippen LogP contribution in [0.4, 0.5) is 0 Å². The molecule has 6 N–H and O–H groups in total. The molecule has 2 aliphatic carbocycles. The van der Waals surface area contributed by atoms with Crippen molar-refractivity contribution in [3.63, 3.8) is 0 Å². The van der Waals surface area contributed by atoms with Crippen LogP contribution in [0.3, 0.4) is 0 Å². The minimum Gasteiger partial charge on any atom is -0.429 e. The molecule has 0 aromatic rings. The van der Waals surface area contributed by atoms with Crippen molar-refractivity contribution in [1.29, 1.82) is 0 Å². The van der Waals surface area contributed by atoms with Crippen LogP contribution < -0.4 is 0 Å². The van der Waals surface area contributed by atoms with Gasteiger partial charge in [-0.2, -0.15) is 0 Å². The first-order valence-corrected chi connectivity index (χ1v) is 12.6. The molecule has 1 saturated heterocycles. The normalized spacial score (nSPS) is 42.3. The molecule has 0 amide bonds. The highest BCUT2D eigenvalue weighted by Gasteiger charge is 2.56. The number of aliphatic hydroxyl groups is 6. The van der Waals surface area contributed by atoms with Crippen LogP contribution in [0, 0.1) is 22.7 Å². The first kappa shape index (κ1) is 28.2. The molecular weight excluding hydrogens is 456 g/mol. The van der Waals surface area contributed by atoms with Crippen LogP contribution in [0.15, 0.2) is 23.3 Å². The van der Waals surface area contributed by atoms with Gasteiger partial charge in [-0.25, -0.2) is 4.79 Å². The molecule has 0 unspecified atom stereocenters. The van der Waals surface area contributed by atoms with Gasteiger partial charge < -0.3 is 40.1 Å². The van der Waals surface area contributed by atoms with E-state index in [1.54, 1.807) is 6.08 Å². The number of ether oxygens (including phenoxy) is 2. The summed E-state index contributed by atoms with van der Waals surface area (Å²) in [6.45, 7) is 5.76. The van der Waals surface area contributed by atoms with E-state index in [1.807, 2.05) is 6.08 Å². The smallest absolute Gasteiger partial charge is 0.336 e. The van der Waals surface area contributed by atoms with Crippen LogP contribution in [0.25, 0.3) is 0 Å². The van der Waals surface area contributed by atoms with Crippen molar-refractivity contribution in [2.75, 3.05) is 19.8 Å². The van der Waals surface area contributed by atoms with Gasteiger partial charge in [0.05, 0.1) is 19.8 Å². The fraction of sp³-hybridized carbons (Fsp3) is 0.808. The third-order valence-electron chi connectivity index (χ3n) is 9.07. The zero-order valence-electron chi connectivity index (χ0n) is 21.0. The summed E-state index contributed by atoms with van der Waals surface area (Å²) in [6, 6.07) is 0. The molecule has 3 aliphatic rings. The molecule has 0 spiro atoms. The van der Waals surface area contributed by atoms with E-state index < -0.39 is 48.7 Å². The molecule has 35 heavy (non-hydrogen) atoms. The maximum absolute atomic E-state index is 13.4. The number of esters is 1. The lowest BCUT2D eigenvalue weighted by Gasteiger charge is -2.58. The Morgan fingerprint density at radius 1 is 1.14 bits per heavy atom. The third-order valence-corrected chi connectivity index (χ3v) is 9.07. The lowest BCUT2D eigenvalue weighted by molar-refractivity contribution is -0.291. The van der Waals surface area contributed by atoms with Crippen molar-refractivity contribution in [2.45, 2.75) is 90.0 Å². The Bertz CT molecular complexity index is 809. The summed E-state index contributed by atoms with van der Waals surface area (Å²) in [5.74, 6) is -0.0553. The number of carbonyl (C=O) groups excluding carboxylic acids is 1. The highest BCUT2D eigenvalue weighted by atomic mass is 16.7. The van der Waals surface area contributed by atoms with Crippen LogP contribution in [0.5, 0.6) is 0 Å². The second-order valence-electron chi connectivity index (χ2n) is 10.9. The second-order valence-corrected chi connectivity index (χ2v) is 10.9. The van der Waals surface area contributed by atoms with Crippen LogP contribution in [-0.4, -0.2) is 87.1 Å². The number of rotatable bonds is 8. The van der Waals surface area contributed by atoms with Crippen LogP contribution in [-0.2, 0) is 14.3 Å². The molecule has 9 heteroatoms. The minimum absolute atomic E-state index is 0.0937. The lowest BCUT2D eigenvalue weighted by atomic mass is 9.46. The zero-order chi connectivity index (χ0) is 26.0. The Balaban J connectivity index is 1.81. The molecule has 0 aromatic carbocycles. The fourth-order valence-electron chi connectivity index (χ4n) is 6.57. The molecule has 1 saturated carbocycles. The quantitative estimate of drug-likeness (QED) is 0.210. The molecule has 2 fully saturated rings. The molecule has 0 radical (unpaired) electrons. The Hall–Kier alpha value is -1.33. The average molecular weight is 499 g/mol. The molecule has 0 aromatic heterocycles. The predicted molar refractivity (Wildman–Crippen MR) is 127 cm³/mol. The van der Waals surface area contributed by atoms with Gasteiger partial charge in [-0.15, -0.1) is 0 Å². The van der Waals surface area contributed by atoms with Crippen LogP contribution >= 0.6 is 0 Å².